The number of hydrogen-bond donors (Lipinski definition) is 2. The summed E-state index contributed by atoms with van der Waals surface area (Å²) in [6.07, 6.45) is 1.33. The van der Waals surface area contributed by atoms with Crippen molar-refractivity contribution in [1.82, 2.24) is 5.32 Å². The Morgan fingerprint density at radius 2 is 1.32 bits per heavy atom. The van der Waals surface area contributed by atoms with E-state index in [1.807, 2.05) is 84.9 Å². The normalized spacial score (nSPS) is 11.6. The number of carbonyl (C=O) groups is 2. The van der Waals surface area contributed by atoms with E-state index in [-0.39, 0.29) is 5.91 Å². The van der Waals surface area contributed by atoms with Gasteiger partial charge in [-0.2, -0.15) is 0 Å². The quantitative estimate of drug-likeness (QED) is 0.635. The predicted molar refractivity (Wildman–Crippen MR) is 111 cm³/mol. The molecule has 0 aliphatic rings. The lowest BCUT2D eigenvalue weighted by atomic mass is 10.00. The van der Waals surface area contributed by atoms with Gasteiger partial charge in [-0.15, -0.1) is 0 Å². The number of aryl methyl sites for hydroxylation is 1. The van der Waals surface area contributed by atoms with Crippen LogP contribution < -0.4 is 11.1 Å². The van der Waals surface area contributed by atoms with Gasteiger partial charge in [0.05, 0.1) is 0 Å². The van der Waals surface area contributed by atoms with Crippen molar-refractivity contribution < 1.29 is 9.59 Å². The average Bonchev–Trinajstić information content (AvgIpc) is 2.73. The highest BCUT2D eigenvalue weighted by molar-refractivity contribution is 5.86. The molecule has 0 spiro atoms. The fourth-order valence-corrected chi connectivity index (χ4v) is 3.09. The topological polar surface area (TPSA) is 72.2 Å². The summed E-state index contributed by atoms with van der Waals surface area (Å²) in [4.78, 5) is 24.1. The van der Waals surface area contributed by atoms with Gasteiger partial charge in [0.15, 0.2) is 0 Å². The van der Waals surface area contributed by atoms with E-state index < -0.39 is 11.9 Å². The largest absolute Gasteiger partial charge is 0.368 e. The lowest BCUT2D eigenvalue weighted by Gasteiger charge is -2.16. The molecule has 0 unspecified atom stereocenters. The highest BCUT2D eigenvalue weighted by atomic mass is 16.2. The van der Waals surface area contributed by atoms with E-state index in [0.29, 0.717) is 19.3 Å². The maximum absolute atomic E-state index is 12.2. The first kappa shape index (κ1) is 19.4. The van der Waals surface area contributed by atoms with Crippen molar-refractivity contribution >= 4 is 11.8 Å². The summed E-state index contributed by atoms with van der Waals surface area (Å²) in [5.74, 6) is -0.700. The lowest BCUT2D eigenvalue weighted by Crippen LogP contribution is -2.45. The third-order valence-corrected chi connectivity index (χ3v) is 4.66. The minimum absolute atomic E-state index is 0.173. The summed E-state index contributed by atoms with van der Waals surface area (Å²) >= 11 is 0. The van der Waals surface area contributed by atoms with Crippen molar-refractivity contribution in [2.75, 3.05) is 0 Å². The smallest absolute Gasteiger partial charge is 0.240 e. The van der Waals surface area contributed by atoms with Gasteiger partial charge in [-0.05, 0) is 28.7 Å². The van der Waals surface area contributed by atoms with Gasteiger partial charge in [0.2, 0.25) is 11.8 Å². The summed E-state index contributed by atoms with van der Waals surface area (Å²) < 4.78 is 0. The highest BCUT2D eigenvalue weighted by Gasteiger charge is 2.18. The summed E-state index contributed by atoms with van der Waals surface area (Å²) in [5, 5.41) is 2.77. The first-order valence-electron chi connectivity index (χ1n) is 9.39. The van der Waals surface area contributed by atoms with E-state index >= 15 is 0 Å². The van der Waals surface area contributed by atoms with Gasteiger partial charge in [0.1, 0.15) is 6.04 Å². The molecule has 0 saturated carbocycles. The molecule has 142 valence electrons. The molecule has 2 amide bonds. The minimum Gasteiger partial charge on any atom is -0.368 e. The van der Waals surface area contributed by atoms with Crippen molar-refractivity contribution in [3.63, 3.8) is 0 Å². The van der Waals surface area contributed by atoms with E-state index in [4.69, 9.17) is 5.73 Å². The fourth-order valence-electron chi connectivity index (χ4n) is 3.09. The molecule has 3 rings (SSSR count). The second-order valence-electron chi connectivity index (χ2n) is 6.78. The molecule has 3 N–H and O–H groups in total. The SMILES string of the molecule is NC(=O)[C@H](Cc1ccc(-c2ccccc2)cc1)NC(=O)CCc1ccccc1. The summed E-state index contributed by atoms with van der Waals surface area (Å²) in [7, 11) is 0. The lowest BCUT2D eigenvalue weighted by molar-refractivity contribution is -0.127. The molecular weight excluding hydrogens is 348 g/mol. The van der Waals surface area contributed by atoms with Crippen molar-refractivity contribution in [3.8, 4) is 11.1 Å². The first-order chi connectivity index (χ1) is 13.6. The van der Waals surface area contributed by atoms with Crippen LogP contribution in [0.1, 0.15) is 17.5 Å². The van der Waals surface area contributed by atoms with Crippen LogP contribution in [-0.4, -0.2) is 17.9 Å². The number of benzene rings is 3. The van der Waals surface area contributed by atoms with Crippen LogP contribution in [0, 0.1) is 0 Å². The number of hydrogen-bond acceptors (Lipinski definition) is 2. The number of nitrogens with two attached hydrogens (primary N) is 1. The minimum atomic E-state index is -0.717. The molecule has 4 heteroatoms. The van der Waals surface area contributed by atoms with Crippen LogP contribution in [0.3, 0.4) is 0 Å². The van der Waals surface area contributed by atoms with E-state index in [2.05, 4.69) is 5.32 Å². The molecule has 3 aromatic rings. The van der Waals surface area contributed by atoms with Crippen molar-refractivity contribution in [1.29, 1.82) is 0 Å². The van der Waals surface area contributed by atoms with Crippen LogP contribution in [0.2, 0.25) is 0 Å². The molecule has 0 aliphatic heterocycles. The van der Waals surface area contributed by atoms with Crippen LogP contribution in [-0.2, 0) is 22.4 Å². The summed E-state index contributed by atoms with van der Waals surface area (Å²) in [6, 6.07) is 27.1. The predicted octanol–water partition coefficient (Wildman–Crippen LogP) is 3.50. The Kier molecular flexibility index (Phi) is 6.58. The van der Waals surface area contributed by atoms with Gasteiger partial charge >= 0.3 is 0 Å². The molecule has 28 heavy (non-hydrogen) atoms. The molecule has 0 saturated heterocycles. The Balaban J connectivity index is 1.58. The monoisotopic (exact) mass is 372 g/mol. The van der Waals surface area contributed by atoms with Gasteiger partial charge in [-0.25, -0.2) is 0 Å². The van der Waals surface area contributed by atoms with Crippen molar-refractivity contribution in [3.05, 3.63) is 96.1 Å². The Morgan fingerprint density at radius 3 is 1.93 bits per heavy atom. The summed E-state index contributed by atoms with van der Waals surface area (Å²) in [5.41, 5.74) is 9.78. The van der Waals surface area contributed by atoms with Crippen LogP contribution in [0.25, 0.3) is 11.1 Å². The third kappa shape index (κ3) is 5.55. The molecule has 4 nitrogen and oxygen atoms in total. The van der Waals surface area contributed by atoms with E-state index in [0.717, 1.165) is 22.3 Å². The maximum Gasteiger partial charge on any atom is 0.240 e. The van der Waals surface area contributed by atoms with Gasteiger partial charge < -0.3 is 11.1 Å². The van der Waals surface area contributed by atoms with Gasteiger partial charge in [-0.1, -0.05) is 84.9 Å². The second-order valence-corrected chi connectivity index (χ2v) is 6.78. The van der Waals surface area contributed by atoms with Crippen LogP contribution in [0.15, 0.2) is 84.9 Å². The molecule has 0 radical (unpaired) electrons. The Labute approximate surface area is 165 Å². The number of primary amides is 1. The Hall–Kier alpha value is -3.40. The zero-order valence-corrected chi connectivity index (χ0v) is 15.7. The molecule has 3 aromatic carbocycles. The zero-order chi connectivity index (χ0) is 19.8. The molecule has 0 heterocycles. The van der Waals surface area contributed by atoms with E-state index in [9.17, 15) is 9.59 Å². The fraction of sp³-hybridized carbons (Fsp3) is 0.167. The standard InChI is InChI=1S/C24H24N2O2/c25-24(28)22(26-23(27)16-13-18-7-3-1-4-8-18)17-19-11-14-21(15-12-19)20-9-5-2-6-10-20/h1-12,14-15,22H,13,16-17H2,(H2,25,28)(H,26,27)/t22-/m0/s1. The summed E-state index contributed by atoms with van der Waals surface area (Å²) in [6.45, 7) is 0. The Bertz CT molecular complexity index is 906. The maximum atomic E-state index is 12.2. The van der Waals surface area contributed by atoms with Crippen LogP contribution >= 0.6 is 0 Å². The number of nitrogens with one attached hydrogen (secondary N) is 1. The van der Waals surface area contributed by atoms with Gasteiger partial charge in [-0.3, -0.25) is 9.59 Å². The third-order valence-electron chi connectivity index (χ3n) is 4.66. The molecule has 1 atom stereocenters. The highest BCUT2D eigenvalue weighted by Crippen LogP contribution is 2.19. The first-order valence-corrected chi connectivity index (χ1v) is 9.39. The molecule has 0 aliphatic carbocycles. The molecule has 0 aromatic heterocycles. The number of rotatable bonds is 8. The average molecular weight is 372 g/mol. The number of carbonyl (C=O) groups excluding carboxylic acids is 2. The zero-order valence-electron chi connectivity index (χ0n) is 15.7. The molecule has 0 bridgehead atoms. The van der Waals surface area contributed by atoms with E-state index in [1.54, 1.807) is 0 Å². The van der Waals surface area contributed by atoms with Gasteiger partial charge in [0.25, 0.3) is 0 Å². The Morgan fingerprint density at radius 1 is 0.750 bits per heavy atom. The van der Waals surface area contributed by atoms with Gasteiger partial charge in [0, 0.05) is 12.8 Å². The molecular formula is C24H24N2O2. The van der Waals surface area contributed by atoms with Crippen molar-refractivity contribution in [2.45, 2.75) is 25.3 Å². The second kappa shape index (κ2) is 9.51. The van der Waals surface area contributed by atoms with Crippen LogP contribution in [0.5, 0.6) is 0 Å². The van der Waals surface area contributed by atoms with E-state index in [1.165, 1.54) is 0 Å². The number of amides is 2. The van der Waals surface area contributed by atoms with Crippen LogP contribution in [0.4, 0.5) is 0 Å². The molecule has 0 fully saturated rings. The van der Waals surface area contributed by atoms with Crippen molar-refractivity contribution in [2.24, 2.45) is 5.73 Å².